The van der Waals surface area contributed by atoms with E-state index in [1.807, 2.05) is 0 Å². The minimum Gasteiger partial charge on any atom is -0.265 e. The third-order valence-electron chi connectivity index (χ3n) is 2.37. The summed E-state index contributed by atoms with van der Waals surface area (Å²) in [5.41, 5.74) is 0.970. The molecule has 0 bridgehead atoms. The number of sulfone groups is 1. The van der Waals surface area contributed by atoms with Crippen molar-refractivity contribution < 1.29 is 17.5 Å². The highest BCUT2D eigenvalue weighted by Crippen LogP contribution is 2.54. The molecule has 0 unspecified atom stereocenters. The molecule has 0 amide bonds. The number of benzene rings is 1. The lowest BCUT2D eigenvalue weighted by atomic mass is 10.3. The van der Waals surface area contributed by atoms with E-state index in [1.165, 1.54) is 29.6 Å². The van der Waals surface area contributed by atoms with Gasteiger partial charge in [0.25, 0.3) is 0 Å². The van der Waals surface area contributed by atoms with Crippen LogP contribution in [0.3, 0.4) is 0 Å². The highest BCUT2D eigenvalue weighted by atomic mass is 32.3. The number of hydrogen-bond donors (Lipinski definition) is 3. The Morgan fingerprint density at radius 3 is 2.56 bits per heavy atom. The Balaban J connectivity index is 2.56. The molecule has 8 heteroatoms. The molecule has 0 saturated carbocycles. The van der Waals surface area contributed by atoms with Gasteiger partial charge in [-0.1, -0.05) is 0 Å². The first kappa shape index (κ1) is 11.5. The van der Waals surface area contributed by atoms with E-state index in [4.69, 9.17) is 0 Å². The second kappa shape index (κ2) is 3.27. The van der Waals surface area contributed by atoms with E-state index in [-0.39, 0.29) is 4.90 Å². The molecule has 0 saturated heterocycles. The van der Waals surface area contributed by atoms with Crippen molar-refractivity contribution in [3.05, 3.63) is 18.2 Å². The zero-order valence-electron chi connectivity index (χ0n) is 8.71. The van der Waals surface area contributed by atoms with E-state index in [9.17, 15) is 17.5 Å². The van der Waals surface area contributed by atoms with Gasteiger partial charge in [-0.2, -0.15) is 0 Å². The van der Waals surface area contributed by atoms with Gasteiger partial charge in [0, 0.05) is 13.3 Å². The average Bonchev–Trinajstić information content (AvgIpc) is 2.36. The summed E-state index contributed by atoms with van der Waals surface area (Å²) in [6.45, 7) is 0. The van der Waals surface area contributed by atoms with Crippen molar-refractivity contribution in [3.63, 3.8) is 0 Å². The fourth-order valence-electron chi connectivity index (χ4n) is 1.44. The minimum atomic E-state index is -3.29. The van der Waals surface area contributed by atoms with E-state index in [1.54, 1.807) is 0 Å². The molecule has 3 N–H and O–H groups in total. The zero-order valence-corrected chi connectivity index (χ0v) is 10.3. The highest BCUT2D eigenvalue weighted by molar-refractivity contribution is 8.26. The molecule has 0 aromatic heterocycles. The van der Waals surface area contributed by atoms with E-state index >= 15 is 0 Å². The van der Waals surface area contributed by atoms with Crippen LogP contribution in [0.25, 0.3) is 0 Å². The van der Waals surface area contributed by atoms with E-state index in [0.29, 0.717) is 11.4 Å². The minimum absolute atomic E-state index is 0.150. The molecule has 0 radical (unpaired) electrons. The van der Waals surface area contributed by atoms with E-state index < -0.39 is 20.8 Å². The fourth-order valence-corrected chi connectivity index (χ4v) is 3.11. The van der Waals surface area contributed by atoms with Gasteiger partial charge < -0.3 is 0 Å². The summed E-state index contributed by atoms with van der Waals surface area (Å²) in [5.74, 6) is 0. The Bertz CT molecular complexity index is 541. The smallest absolute Gasteiger partial charge is 0.175 e. The maximum absolute atomic E-state index is 11.3. The summed E-state index contributed by atoms with van der Waals surface area (Å²) in [6.07, 6.45) is 1.11. The topological polar surface area (TPSA) is 89.9 Å². The molecule has 1 aromatic carbocycles. The van der Waals surface area contributed by atoms with Gasteiger partial charge in [0.2, 0.25) is 0 Å². The molecule has 0 aliphatic carbocycles. The van der Waals surface area contributed by atoms with Gasteiger partial charge in [0.15, 0.2) is 9.84 Å². The number of nitrogens with zero attached hydrogens (tertiary/aromatic N) is 1. The van der Waals surface area contributed by atoms with Crippen molar-refractivity contribution in [1.82, 2.24) is 0 Å². The Kier molecular flexibility index (Phi) is 2.35. The molecule has 0 atom stereocenters. The number of rotatable bonds is 1. The van der Waals surface area contributed by atoms with Crippen LogP contribution in [0.2, 0.25) is 0 Å². The number of fused-ring (bicyclic) bond motifs is 1. The molecular formula is C8H12N2O4S2. The second-order valence-corrected chi connectivity index (χ2v) is 7.37. The number of hydrogen-bond acceptors (Lipinski definition) is 6. The van der Waals surface area contributed by atoms with Crippen molar-refractivity contribution in [3.8, 4) is 0 Å². The standard InChI is InChI=1S/C8H12N2O4S2/c1-10-8-5-6(15(2,11)12)3-4-7(8)9-16(10,13)14/h3-5,9,13-14H,1-2H3. The van der Waals surface area contributed by atoms with Crippen LogP contribution in [0.1, 0.15) is 0 Å². The largest absolute Gasteiger partial charge is 0.265 e. The van der Waals surface area contributed by atoms with Crippen LogP contribution in [0.5, 0.6) is 0 Å². The van der Waals surface area contributed by atoms with Crippen molar-refractivity contribution in [1.29, 1.82) is 0 Å². The lowest BCUT2D eigenvalue weighted by Crippen LogP contribution is -2.21. The summed E-state index contributed by atoms with van der Waals surface area (Å²) in [4.78, 5) is 0.150. The monoisotopic (exact) mass is 264 g/mol. The van der Waals surface area contributed by atoms with Crippen LogP contribution in [-0.2, 0) is 9.84 Å². The Labute approximate surface area is 95.4 Å². The first-order chi connectivity index (χ1) is 7.22. The molecule has 6 nitrogen and oxygen atoms in total. The van der Waals surface area contributed by atoms with Crippen LogP contribution in [-0.4, -0.2) is 30.8 Å². The van der Waals surface area contributed by atoms with Crippen molar-refractivity contribution in [2.75, 3.05) is 22.3 Å². The van der Waals surface area contributed by atoms with Crippen LogP contribution < -0.4 is 9.03 Å². The molecule has 1 aromatic rings. The molecular weight excluding hydrogens is 252 g/mol. The van der Waals surface area contributed by atoms with Gasteiger partial charge in [-0.25, -0.2) is 8.42 Å². The molecule has 0 fully saturated rings. The van der Waals surface area contributed by atoms with Gasteiger partial charge in [-0.05, 0) is 29.2 Å². The van der Waals surface area contributed by atoms with Gasteiger partial charge in [-0.15, -0.1) is 0 Å². The molecule has 2 rings (SSSR count). The van der Waals surface area contributed by atoms with Gasteiger partial charge in [0.05, 0.1) is 16.3 Å². The lowest BCUT2D eigenvalue weighted by Gasteiger charge is -2.34. The summed E-state index contributed by atoms with van der Waals surface area (Å²) < 4.78 is 45.6. The van der Waals surface area contributed by atoms with Gasteiger partial charge in [-0.3, -0.25) is 18.1 Å². The number of anilines is 2. The molecule has 16 heavy (non-hydrogen) atoms. The first-order valence-electron chi connectivity index (χ1n) is 4.36. The Hall–Kier alpha value is -0.960. The van der Waals surface area contributed by atoms with Crippen LogP contribution in [0, 0.1) is 0 Å². The average molecular weight is 264 g/mol. The van der Waals surface area contributed by atoms with Gasteiger partial charge in [0.1, 0.15) is 0 Å². The highest BCUT2D eigenvalue weighted by Gasteiger charge is 2.30. The van der Waals surface area contributed by atoms with Crippen LogP contribution >= 0.6 is 11.0 Å². The van der Waals surface area contributed by atoms with E-state index in [2.05, 4.69) is 4.72 Å². The Morgan fingerprint density at radius 1 is 1.38 bits per heavy atom. The summed E-state index contributed by atoms with van der Waals surface area (Å²) in [7, 11) is -4.87. The summed E-state index contributed by atoms with van der Waals surface area (Å²) in [5, 5.41) is 0. The van der Waals surface area contributed by atoms with Crippen molar-refractivity contribution in [2.45, 2.75) is 4.90 Å². The lowest BCUT2D eigenvalue weighted by molar-refractivity contribution is 0.494. The molecule has 1 aliphatic heterocycles. The molecule has 1 aliphatic rings. The summed E-state index contributed by atoms with van der Waals surface area (Å²) in [6, 6.07) is 4.36. The molecule has 0 spiro atoms. The zero-order chi connectivity index (χ0) is 12.1. The van der Waals surface area contributed by atoms with Crippen molar-refractivity contribution >= 4 is 32.2 Å². The first-order valence-corrected chi connectivity index (χ1v) is 7.75. The SMILES string of the molecule is CN1c2cc(S(C)(=O)=O)ccc2NS1(O)O. The summed E-state index contributed by atoms with van der Waals surface area (Å²) >= 11 is 0. The molecule has 90 valence electrons. The maximum Gasteiger partial charge on any atom is 0.175 e. The van der Waals surface area contributed by atoms with Crippen LogP contribution in [0.4, 0.5) is 11.4 Å². The third kappa shape index (κ3) is 1.73. The van der Waals surface area contributed by atoms with Crippen molar-refractivity contribution in [2.24, 2.45) is 0 Å². The predicted octanol–water partition coefficient (Wildman–Crippen LogP) is 1.53. The third-order valence-corrected chi connectivity index (χ3v) is 4.93. The number of nitrogens with one attached hydrogen (secondary N) is 1. The fraction of sp³-hybridized carbons (Fsp3) is 0.250. The van der Waals surface area contributed by atoms with Crippen LogP contribution in [0.15, 0.2) is 23.1 Å². The predicted molar refractivity (Wildman–Crippen MR) is 64.4 cm³/mol. The van der Waals surface area contributed by atoms with Gasteiger partial charge >= 0.3 is 0 Å². The maximum atomic E-state index is 11.3. The quantitative estimate of drug-likeness (QED) is 0.712. The second-order valence-electron chi connectivity index (χ2n) is 3.57. The molecule has 1 heterocycles. The van der Waals surface area contributed by atoms with E-state index in [0.717, 1.165) is 6.26 Å². The Morgan fingerprint density at radius 2 is 2.00 bits per heavy atom. The normalized spacial score (nSPS) is 20.1.